The van der Waals surface area contributed by atoms with Crippen molar-refractivity contribution in [1.82, 2.24) is 14.5 Å². The van der Waals surface area contributed by atoms with Crippen LogP contribution in [0.4, 0.5) is 0 Å². The molecule has 2 fully saturated rings. The topological polar surface area (TPSA) is 56.6 Å². The molecule has 2 aromatic heterocycles. The van der Waals surface area contributed by atoms with Gasteiger partial charge in [0.25, 0.3) is 5.91 Å². The highest BCUT2D eigenvalue weighted by atomic mass is 16.5. The van der Waals surface area contributed by atoms with Crippen molar-refractivity contribution in [2.24, 2.45) is 13.0 Å². The Hall–Kier alpha value is -2.18. The number of carbonyl (C=O) groups is 1. The van der Waals surface area contributed by atoms with Crippen LogP contribution in [0, 0.1) is 5.92 Å². The lowest BCUT2D eigenvalue weighted by Crippen LogP contribution is -2.66. The summed E-state index contributed by atoms with van der Waals surface area (Å²) in [6.07, 6.45) is 6.81. The molecule has 0 unspecified atom stereocenters. The van der Waals surface area contributed by atoms with Crippen LogP contribution in [-0.4, -0.2) is 52.3 Å². The fourth-order valence-electron chi connectivity index (χ4n) is 4.14. The number of hydrogen-bond acceptors (Lipinski definition) is 4. The molecule has 2 aromatic rings. The van der Waals surface area contributed by atoms with Gasteiger partial charge in [0, 0.05) is 32.7 Å². The molecule has 2 aliphatic rings. The molecule has 6 heteroatoms. The van der Waals surface area contributed by atoms with Crippen molar-refractivity contribution in [2.75, 3.05) is 26.3 Å². The first-order valence-corrected chi connectivity index (χ1v) is 9.67. The SMILES string of the molecule is Cn1cccc1C(=O)N1CC2(C[C@H](CCOCc3ccccn3)CCO2)C1. The first-order chi connectivity index (χ1) is 13.2. The van der Waals surface area contributed by atoms with Crippen LogP contribution in [0.15, 0.2) is 42.7 Å². The molecule has 6 nitrogen and oxygen atoms in total. The number of hydrogen-bond donors (Lipinski definition) is 0. The molecule has 1 spiro atoms. The normalized spacial score (nSPS) is 21.2. The Balaban J connectivity index is 1.22. The van der Waals surface area contributed by atoms with E-state index in [0.29, 0.717) is 25.6 Å². The minimum absolute atomic E-state index is 0.0949. The maximum Gasteiger partial charge on any atom is 0.270 e. The van der Waals surface area contributed by atoms with E-state index in [-0.39, 0.29) is 11.5 Å². The molecule has 0 radical (unpaired) electrons. The molecular weight excluding hydrogens is 342 g/mol. The Morgan fingerprint density at radius 1 is 1.33 bits per heavy atom. The van der Waals surface area contributed by atoms with Gasteiger partial charge in [-0.1, -0.05) is 6.07 Å². The van der Waals surface area contributed by atoms with E-state index in [0.717, 1.165) is 43.9 Å². The molecule has 27 heavy (non-hydrogen) atoms. The monoisotopic (exact) mass is 369 g/mol. The second kappa shape index (κ2) is 7.82. The number of amides is 1. The maximum atomic E-state index is 12.6. The van der Waals surface area contributed by atoms with Crippen molar-refractivity contribution in [1.29, 1.82) is 0 Å². The summed E-state index contributed by atoms with van der Waals surface area (Å²) in [4.78, 5) is 18.8. The highest BCUT2D eigenvalue weighted by molar-refractivity contribution is 5.93. The van der Waals surface area contributed by atoms with Crippen LogP contribution in [-0.2, 0) is 23.1 Å². The molecule has 0 saturated carbocycles. The lowest BCUT2D eigenvalue weighted by molar-refractivity contribution is -0.167. The summed E-state index contributed by atoms with van der Waals surface area (Å²) in [5.74, 6) is 0.687. The minimum atomic E-state index is -0.148. The lowest BCUT2D eigenvalue weighted by Gasteiger charge is -2.53. The molecule has 1 amide bonds. The first-order valence-electron chi connectivity index (χ1n) is 9.67. The minimum Gasteiger partial charge on any atom is -0.375 e. The fraction of sp³-hybridized carbons (Fsp3) is 0.524. The van der Waals surface area contributed by atoms with Crippen LogP contribution in [0.2, 0.25) is 0 Å². The van der Waals surface area contributed by atoms with Crippen LogP contribution in [0.1, 0.15) is 35.4 Å². The van der Waals surface area contributed by atoms with Gasteiger partial charge in [-0.15, -0.1) is 0 Å². The molecule has 144 valence electrons. The largest absolute Gasteiger partial charge is 0.375 e. The van der Waals surface area contributed by atoms with Gasteiger partial charge in [-0.05, 0) is 49.4 Å². The van der Waals surface area contributed by atoms with Gasteiger partial charge in [0.1, 0.15) is 11.3 Å². The molecule has 4 heterocycles. The van der Waals surface area contributed by atoms with E-state index in [9.17, 15) is 4.79 Å². The smallest absolute Gasteiger partial charge is 0.270 e. The molecule has 4 rings (SSSR count). The third-order valence-corrected chi connectivity index (χ3v) is 5.65. The standard InChI is InChI=1S/C21H27N3O3/c1-23-10-4-6-19(23)20(25)24-15-21(16-24)13-17(8-12-27-21)7-11-26-14-18-5-2-3-9-22-18/h2-6,9-10,17H,7-8,11-16H2,1H3/t17-/m1/s1. The average Bonchev–Trinajstić information content (AvgIpc) is 3.10. The van der Waals surface area contributed by atoms with Crippen molar-refractivity contribution in [2.45, 2.75) is 31.5 Å². The Kier molecular flexibility index (Phi) is 5.27. The van der Waals surface area contributed by atoms with E-state index in [4.69, 9.17) is 9.47 Å². The fourth-order valence-corrected chi connectivity index (χ4v) is 4.14. The second-order valence-corrected chi connectivity index (χ2v) is 7.72. The number of rotatable bonds is 6. The molecular formula is C21H27N3O3. The summed E-state index contributed by atoms with van der Waals surface area (Å²) in [6.45, 7) is 3.47. The zero-order valence-corrected chi connectivity index (χ0v) is 15.8. The Morgan fingerprint density at radius 3 is 2.96 bits per heavy atom. The van der Waals surface area contributed by atoms with Gasteiger partial charge >= 0.3 is 0 Å². The summed E-state index contributed by atoms with van der Waals surface area (Å²) in [5.41, 5.74) is 1.56. The summed E-state index contributed by atoms with van der Waals surface area (Å²) >= 11 is 0. The summed E-state index contributed by atoms with van der Waals surface area (Å²) in [5, 5.41) is 0. The van der Waals surface area contributed by atoms with Crippen LogP contribution in [0.3, 0.4) is 0 Å². The van der Waals surface area contributed by atoms with E-state index < -0.39 is 0 Å². The highest BCUT2D eigenvalue weighted by Crippen LogP contribution is 2.38. The zero-order chi connectivity index (χ0) is 18.7. The third kappa shape index (κ3) is 4.06. The van der Waals surface area contributed by atoms with E-state index >= 15 is 0 Å². The van der Waals surface area contributed by atoms with Gasteiger partial charge in [-0.25, -0.2) is 0 Å². The Labute approximate surface area is 160 Å². The van der Waals surface area contributed by atoms with Crippen molar-refractivity contribution < 1.29 is 14.3 Å². The van der Waals surface area contributed by atoms with Crippen LogP contribution >= 0.6 is 0 Å². The molecule has 0 aliphatic carbocycles. The van der Waals surface area contributed by atoms with Gasteiger partial charge in [0.05, 0.1) is 25.4 Å². The predicted octanol–water partition coefficient (Wildman–Crippen LogP) is 2.65. The van der Waals surface area contributed by atoms with Crippen molar-refractivity contribution in [3.05, 3.63) is 54.1 Å². The summed E-state index contributed by atoms with van der Waals surface area (Å²) in [7, 11) is 1.90. The van der Waals surface area contributed by atoms with Gasteiger partial charge in [0.15, 0.2) is 0 Å². The highest BCUT2D eigenvalue weighted by Gasteiger charge is 2.49. The summed E-state index contributed by atoms with van der Waals surface area (Å²) in [6, 6.07) is 9.65. The van der Waals surface area contributed by atoms with Crippen molar-refractivity contribution in [3.63, 3.8) is 0 Å². The maximum absolute atomic E-state index is 12.6. The number of aryl methyl sites for hydroxylation is 1. The van der Waals surface area contributed by atoms with Gasteiger partial charge in [-0.3, -0.25) is 9.78 Å². The van der Waals surface area contributed by atoms with E-state index in [2.05, 4.69) is 4.98 Å². The van der Waals surface area contributed by atoms with Crippen LogP contribution < -0.4 is 0 Å². The van der Waals surface area contributed by atoms with E-state index in [1.807, 2.05) is 53.0 Å². The van der Waals surface area contributed by atoms with E-state index in [1.165, 1.54) is 0 Å². The van der Waals surface area contributed by atoms with Gasteiger partial charge in [0.2, 0.25) is 0 Å². The first kappa shape index (κ1) is 18.2. The van der Waals surface area contributed by atoms with Crippen LogP contribution in [0.25, 0.3) is 0 Å². The lowest BCUT2D eigenvalue weighted by atomic mass is 9.79. The molecule has 0 N–H and O–H groups in total. The number of ether oxygens (including phenoxy) is 2. The molecule has 0 bridgehead atoms. The van der Waals surface area contributed by atoms with E-state index in [1.54, 1.807) is 6.20 Å². The number of nitrogens with zero attached hydrogens (tertiary/aromatic N) is 3. The van der Waals surface area contributed by atoms with Crippen molar-refractivity contribution >= 4 is 5.91 Å². The second-order valence-electron chi connectivity index (χ2n) is 7.72. The Bertz CT molecular complexity index is 768. The third-order valence-electron chi connectivity index (χ3n) is 5.65. The molecule has 2 saturated heterocycles. The summed E-state index contributed by atoms with van der Waals surface area (Å²) < 4.78 is 13.7. The molecule has 1 atom stereocenters. The van der Waals surface area contributed by atoms with Crippen molar-refractivity contribution in [3.8, 4) is 0 Å². The van der Waals surface area contributed by atoms with Gasteiger partial charge in [-0.2, -0.15) is 0 Å². The number of carbonyl (C=O) groups excluding carboxylic acids is 1. The number of likely N-dealkylation sites (tertiary alicyclic amines) is 1. The average molecular weight is 369 g/mol. The number of pyridine rings is 1. The van der Waals surface area contributed by atoms with Crippen LogP contribution in [0.5, 0.6) is 0 Å². The Morgan fingerprint density at radius 2 is 2.22 bits per heavy atom. The quantitative estimate of drug-likeness (QED) is 0.735. The molecule has 0 aromatic carbocycles. The predicted molar refractivity (Wildman–Crippen MR) is 101 cm³/mol. The zero-order valence-electron chi connectivity index (χ0n) is 15.8. The molecule has 2 aliphatic heterocycles. The van der Waals surface area contributed by atoms with Gasteiger partial charge < -0.3 is 18.9 Å². The number of aromatic nitrogens is 2.